The summed E-state index contributed by atoms with van der Waals surface area (Å²) in [4.78, 5) is 58.3. The fraction of sp³-hybridized carbons (Fsp3) is 0.628. The number of carbonyl (C=O) groups is 4. The lowest BCUT2D eigenvalue weighted by molar-refractivity contribution is -0.287. The van der Waals surface area contributed by atoms with E-state index in [1.54, 1.807) is 4.90 Å². The van der Waals surface area contributed by atoms with Crippen LogP contribution in [0.25, 0.3) is 0 Å². The van der Waals surface area contributed by atoms with Gasteiger partial charge in [0.05, 0.1) is 23.8 Å². The van der Waals surface area contributed by atoms with E-state index in [1.165, 1.54) is 0 Å². The summed E-state index contributed by atoms with van der Waals surface area (Å²) < 4.78 is 26.2. The van der Waals surface area contributed by atoms with E-state index in [0.717, 1.165) is 25.7 Å². The Labute approximate surface area is 320 Å². The van der Waals surface area contributed by atoms with E-state index in [9.17, 15) is 24.3 Å². The highest BCUT2D eigenvalue weighted by Gasteiger charge is 2.88. The van der Waals surface area contributed by atoms with Gasteiger partial charge in [0, 0.05) is 29.7 Å². The molecule has 10 nitrogen and oxygen atoms in total. The summed E-state index contributed by atoms with van der Waals surface area (Å²) in [6, 6.07) is 7.39. The molecule has 3 fully saturated rings. The minimum atomic E-state index is -2.54. The number of amides is 1. The highest BCUT2D eigenvalue weighted by molar-refractivity contribution is 6.74. The van der Waals surface area contributed by atoms with Crippen LogP contribution in [0.4, 0.5) is 5.69 Å². The van der Waals surface area contributed by atoms with Crippen LogP contribution in [0, 0.1) is 23.2 Å². The smallest absolute Gasteiger partial charge is 0.342 e. The second-order valence-corrected chi connectivity index (χ2v) is 22.6. The predicted octanol–water partition coefficient (Wildman–Crippen LogP) is 7.51. The first kappa shape index (κ1) is 38.9. The van der Waals surface area contributed by atoms with Crippen LogP contribution in [-0.4, -0.2) is 67.2 Å². The molecule has 2 saturated heterocycles. The van der Waals surface area contributed by atoms with Crippen molar-refractivity contribution in [2.45, 2.75) is 140 Å². The van der Waals surface area contributed by atoms with E-state index < -0.39 is 61.0 Å². The first-order valence-electron chi connectivity index (χ1n) is 20.0. The van der Waals surface area contributed by atoms with E-state index in [4.69, 9.17) is 18.6 Å². The zero-order valence-corrected chi connectivity index (χ0v) is 33.9. The maximum atomic E-state index is 14.5. The first-order valence-corrected chi connectivity index (χ1v) is 22.9. The van der Waals surface area contributed by atoms with Gasteiger partial charge in [-0.25, -0.2) is 9.59 Å². The van der Waals surface area contributed by atoms with Crippen LogP contribution >= 0.6 is 0 Å². The molecule has 1 amide bonds. The number of fused-ring (bicyclic) bond motifs is 3. The molecule has 1 aromatic rings. The fourth-order valence-corrected chi connectivity index (χ4v) is 11.8. The number of ketones is 1. The van der Waals surface area contributed by atoms with Crippen molar-refractivity contribution in [3.05, 3.63) is 59.7 Å². The number of carbonyl (C=O) groups excluding carboxylic acids is 4. The molecule has 0 unspecified atom stereocenters. The van der Waals surface area contributed by atoms with Gasteiger partial charge in [0.2, 0.25) is 11.7 Å². The van der Waals surface area contributed by atoms with E-state index >= 15 is 0 Å². The Balaban J connectivity index is 1.43. The number of para-hydroxylation sites is 2. The summed E-state index contributed by atoms with van der Waals surface area (Å²) in [5.74, 6) is -5.41. The highest BCUT2D eigenvalue weighted by Crippen LogP contribution is 2.74. The predicted molar refractivity (Wildman–Crippen MR) is 206 cm³/mol. The molecule has 8 atom stereocenters. The number of allylic oxidation sites excluding steroid dienone is 4. The second-order valence-electron chi connectivity index (χ2n) is 17.9. The summed E-state index contributed by atoms with van der Waals surface area (Å²) >= 11 is 0. The van der Waals surface area contributed by atoms with Crippen LogP contribution in [0.1, 0.15) is 98.8 Å². The van der Waals surface area contributed by atoms with E-state index in [-0.39, 0.29) is 66.1 Å². The molecule has 292 valence electrons. The average molecular weight is 760 g/mol. The average Bonchev–Trinajstić information content (AvgIpc) is 3.62. The molecule has 4 aliphatic heterocycles. The van der Waals surface area contributed by atoms with Crippen LogP contribution in [0.2, 0.25) is 18.1 Å². The number of benzene rings is 1. The number of esters is 2. The molecule has 54 heavy (non-hydrogen) atoms. The van der Waals surface area contributed by atoms with Crippen LogP contribution in [-0.2, 0) is 33.1 Å². The number of ether oxygens (including phenoxy) is 3. The van der Waals surface area contributed by atoms with E-state index in [2.05, 4.69) is 46.0 Å². The van der Waals surface area contributed by atoms with E-state index in [0.29, 0.717) is 24.3 Å². The Bertz CT molecular complexity index is 1810. The second kappa shape index (κ2) is 14.0. The van der Waals surface area contributed by atoms with Gasteiger partial charge in [0.15, 0.2) is 14.1 Å². The van der Waals surface area contributed by atoms with Crippen molar-refractivity contribution in [1.82, 2.24) is 0 Å². The van der Waals surface area contributed by atoms with Crippen molar-refractivity contribution >= 4 is 37.6 Å². The molecular formula is C43H57NO9Si. The third-order valence-corrected chi connectivity index (χ3v) is 18.4. The van der Waals surface area contributed by atoms with Crippen LogP contribution in [0.15, 0.2) is 59.7 Å². The molecule has 0 radical (unpaired) electrons. The minimum absolute atomic E-state index is 0.00249. The van der Waals surface area contributed by atoms with Gasteiger partial charge in [-0.3, -0.25) is 14.5 Å². The molecule has 2 aliphatic carbocycles. The van der Waals surface area contributed by atoms with Gasteiger partial charge in [-0.05, 0) is 88.6 Å². The van der Waals surface area contributed by atoms with Crippen LogP contribution in [0.3, 0.4) is 0 Å². The fourth-order valence-electron chi connectivity index (χ4n) is 10.6. The maximum absolute atomic E-state index is 14.5. The normalized spacial score (nSPS) is 33.2. The SMILES string of the molecule is C/C=C/CCCCC[C@H]1[C@H](C[C@@H](O[Si](C)(C)C(C)(C)C)C(=O)CC/C=C/C)[C@H]2C3=C(C[C@]45CO[C@@]2(O)[C@]42[C@@H]1Oc1ccccc1N2C(=O)C5)C(=O)OC3=O. The Hall–Kier alpha value is -3.38. The van der Waals surface area contributed by atoms with Crippen molar-refractivity contribution < 1.29 is 42.9 Å². The lowest BCUT2D eigenvalue weighted by atomic mass is 9.50. The Kier molecular flexibility index (Phi) is 10.1. The third-order valence-electron chi connectivity index (χ3n) is 13.9. The number of rotatable bonds is 14. The topological polar surface area (TPSA) is 129 Å². The zero-order chi connectivity index (χ0) is 38.8. The van der Waals surface area contributed by atoms with Gasteiger partial charge in [-0.2, -0.15) is 0 Å². The molecule has 4 bridgehead atoms. The summed E-state index contributed by atoms with van der Waals surface area (Å²) in [5.41, 5.74) is -1.66. The van der Waals surface area contributed by atoms with Gasteiger partial charge in [-0.1, -0.05) is 70.0 Å². The number of unbranched alkanes of at least 4 members (excludes halogenated alkanes) is 3. The number of anilines is 1. The van der Waals surface area contributed by atoms with Gasteiger partial charge < -0.3 is 23.7 Å². The maximum Gasteiger partial charge on any atom is 0.342 e. The highest BCUT2D eigenvalue weighted by atomic mass is 28.4. The first-order chi connectivity index (χ1) is 25.6. The van der Waals surface area contributed by atoms with Crippen molar-refractivity contribution in [2.24, 2.45) is 23.2 Å². The number of Topliss-reactive ketones (excluding diaryl/α,β-unsaturated/α-hetero) is 1. The largest absolute Gasteiger partial charge is 0.485 e. The van der Waals surface area contributed by atoms with Crippen molar-refractivity contribution in [3.8, 4) is 5.75 Å². The summed E-state index contributed by atoms with van der Waals surface area (Å²) in [7, 11) is -2.54. The van der Waals surface area contributed by atoms with Gasteiger partial charge in [0.25, 0.3) is 0 Å². The van der Waals surface area contributed by atoms with Crippen molar-refractivity contribution in [3.63, 3.8) is 0 Å². The number of aliphatic hydroxyl groups is 1. The summed E-state index contributed by atoms with van der Waals surface area (Å²) in [5, 5.41) is 13.4. The Morgan fingerprint density at radius 3 is 2.46 bits per heavy atom. The molecule has 0 aromatic heterocycles. The third kappa shape index (κ3) is 5.66. The molecular weight excluding hydrogens is 703 g/mol. The molecule has 7 rings (SSSR count). The van der Waals surface area contributed by atoms with Crippen molar-refractivity contribution in [2.75, 3.05) is 11.5 Å². The minimum Gasteiger partial charge on any atom is -0.485 e. The lowest BCUT2D eigenvalue weighted by Gasteiger charge is -2.64. The molecule has 1 saturated carbocycles. The molecule has 11 heteroatoms. The molecule has 6 aliphatic rings. The molecule has 4 heterocycles. The number of hydrogen-bond acceptors (Lipinski definition) is 9. The number of hydrogen-bond donors (Lipinski definition) is 1. The summed E-state index contributed by atoms with van der Waals surface area (Å²) in [6.07, 6.45) is 11.9. The molecule has 1 N–H and O–H groups in total. The molecule has 1 spiro atoms. The van der Waals surface area contributed by atoms with Gasteiger partial charge in [0.1, 0.15) is 23.5 Å². The summed E-state index contributed by atoms with van der Waals surface area (Å²) in [6.45, 7) is 14.6. The number of nitrogens with zero attached hydrogens (tertiary/aromatic N) is 1. The quantitative estimate of drug-likeness (QED) is 0.0674. The standard InChI is InChI=1S/C43H57NO9Si/c1-8-10-12-13-14-16-19-27-28(23-33(31(45)21-15-11-9-2)53-54(6,7)40(3,4)5)36-35-29(38(47)52-39(35)48)24-41-25-34(46)44-30-20-17-18-22-32(30)51-37(27)42(41,44)43(36,49)50-26-41/h8-11,17-18,20,22,27-28,33,36-37,49H,12-16,19,21,23-26H2,1-7H3/b10-8+,11-9+/t27-,28-,33+,36-,37+,41-,42-,43+/m0/s1. The number of cyclic esters (lactones) is 2. The van der Waals surface area contributed by atoms with Gasteiger partial charge >= 0.3 is 11.9 Å². The van der Waals surface area contributed by atoms with Crippen LogP contribution < -0.4 is 9.64 Å². The Morgan fingerprint density at radius 1 is 1.02 bits per heavy atom. The van der Waals surface area contributed by atoms with E-state index in [1.807, 2.05) is 50.3 Å². The van der Waals surface area contributed by atoms with Gasteiger partial charge in [-0.15, -0.1) is 0 Å². The zero-order valence-electron chi connectivity index (χ0n) is 32.9. The monoisotopic (exact) mass is 759 g/mol. The Morgan fingerprint density at radius 2 is 1.74 bits per heavy atom. The lowest BCUT2D eigenvalue weighted by Crippen LogP contribution is -2.81. The van der Waals surface area contributed by atoms with Crippen LogP contribution in [0.5, 0.6) is 5.75 Å². The molecule has 1 aromatic carbocycles. The van der Waals surface area contributed by atoms with Crippen molar-refractivity contribution in [1.29, 1.82) is 0 Å².